The van der Waals surface area contributed by atoms with Gasteiger partial charge < -0.3 is 10.3 Å². The Morgan fingerprint density at radius 1 is 1.38 bits per heavy atom. The van der Waals surface area contributed by atoms with E-state index in [0.717, 1.165) is 30.5 Å². The van der Waals surface area contributed by atoms with Gasteiger partial charge in [-0.2, -0.15) is 5.26 Å². The van der Waals surface area contributed by atoms with Crippen LogP contribution in [0.3, 0.4) is 0 Å². The van der Waals surface area contributed by atoms with Crippen LogP contribution >= 0.6 is 0 Å². The number of nitrogens with zero attached hydrogens (tertiary/aromatic N) is 2. The molecule has 0 radical (unpaired) electrons. The van der Waals surface area contributed by atoms with E-state index < -0.39 is 0 Å². The number of rotatable bonds is 5. The van der Waals surface area contributed by atoms with Crippen LogP contribution < -0.4 is 5.32 Å². The maximum Gasteiger partial charge on any atom is 0.0931 e. The van der Waals surface area contributed by atoms with E-state index in [1.807, 2.05) is 6.07 Å². The molecule has 0 aliphatic carbocycles. The molecule has 82 valence electrons. The Morgan fingerprint density at radius 3 is 3.19 bits per heavy atom. The molecule has 0 aliphatic rings. The number of H-pyrrole nitrogens is 1. The van der Waals surface area contributed by atoms with Gasteiger partial charge in [0.1, 0.15) is 0 Å². The molecule has 0 aliphatic heterocycles. The van der Waals surface area contributed by atoms with Gasteiger partial charge in [0.15, 0.2) is 0 Å². The maximum absolute atomic E-state index is 8.38. The van der Waals surface area contributed by atoms with E-state index >= 15 is 0 Å². The number of nitrogens with one attached hydrogen (secondary N) is 2. The van der Waals surface area contributed by atoms with E-state index in [9.17, 15) is 0 Å². The summed E-state index contributed by atoms with van der Waals surface area (Å²) in [5.74, 6) is 0. The van der Waals surface area contributed by atoms with Crippen molar-refractivity contribution in [3.63, 3.8) is 0 Å². The molecule has 0 saturated carbocycles. The largest absolute Gasteiger partial charge is 0.345 e. The highest BCUT2D eigenvalue weighted by atomic mass is 14.9. The zero-order valence-corrected chi connectivity index (χ0v) is 9.03. The molecule has 2 aromatic rings. The predicted octanol–water partition coefficient (Wildman–Crippen LogP) is 1.61. The molecule has 1 aromatic heterocycles. The average Bonchev–Trinajstić information content (AvgIpc) is 2.76. The molecule has 0 spiro atoms. The molecule has 1 heterocycles. The van der Waals surface area contributed by atoms with Crippen molar-refractivity contribution < 1.29 is 0 Å². The van der Waals surface area contributed by atoms with Gasteiger partial charge in [0.2, 0.25) is 0 Å². The number of hydrogen-bond donors (Lipinski definition) is 2. The first kappa shape index (κ1) is 10.7. The molecule has 1 aromatic carbocycles. The Hall–Kier alpha value is -1.86. The number of nitriles is 1. The van der Waals surface area contributed by atoms with E-state index in [1.54, 1.807) is 6.33 Å². The molecule has 0 amide bonds. The van der Waals surface area contributed by atoms with Gasteiger partial charge in [-0.3, -0.25) is 0 Å². The summed E-state index contributed by atoms with van der Waals surface area (Å²) in [7, 11) is 0. The lowest BCUT2D eigenvalue weighted by Crippen LogP contribution is -2.18. The van der Waals surface area contributed by atoms with Crippen molar-refractivity contribution in [2.75, 3.05) is 13.1 Å². The van der Waals surface area contributed by atoms with Crippen molar-refractivity contribution in [2.24, 2.45) is 0 Å². The molecular weight excluding hydrogens is 200 g/mol. The summed E-state index contributed by atoms with van der Waals surface area (Å²) in [5.41, 5.74) is 3.36. The average molecular weight is 214 g/mol. The van der Waals surface area contributed by atoms with Gasteiger partial charge >= 0.3 is 0 Å². The molecule has 0 fully saturated rings. The molecule has 0 saturated heterocycles. The standard InChI is InChI=1S/C12H14N4/c13-5-1-6-14-7-4-10-2-3-11-12(8-10)16-9-15-11/h2-3,8-9,14H,1,4,6-7H2,(H,15,16). The SMILES string of the molecule is N#CCCNCCc1ccc2nc[nH]c2c1. The predicted molar refractivity (Wildman–Crippen MR) is 62.9 cm³/mol. The Kier molecular flexibility index (Phi) is 3.52. The van der Waals surface area contributed by atoms with Crippen molar-refractivity contribution >= 4 is 11.0 Å². The fraction of sp³-hybridized carbons (Fsp3) is 0.333. The van der Waals surface area contributed by atoms with Gasteiger partial charge in [-0.05, 0) is 30.7 Å². The zero-order chi connectivity index (χ0) is 11.2. The number of hydrogen-bond acceptors (Lipinski definition) is 3. The normalized spacial score (nSPS) is 10.4. The third-order valence-electron chi connectivity index (χ3n) is 2.49. The summed E-state index contributed by atoms with van der Waals surface area (Å²) < 4.78 is 0. The van der Waals surface area contributed by atoms with Gasteiger partial charge in [-0.25, -0.2) is 4.98 Å². The summed E-state index contributed by atoms with van der Waals surface area (Å²) >= 11 is 0. The van der Waals surface area contributed by atoms with Crippen LogP contribution in [0, 0.1) is 11.3 Å². The molecule has 4 nitrogen and oxygen atoms in total. The lowest BCUT2D eigenvalue weighted by Gasteiger charge is -2.02. The van der Waals surface area contributed by atoms with Crippen molar-refractivity contribution in [1.29, 1.82) is 5.26 Å². The lowest BCUT2D eigenvalue weighted by atomic mass is 10.1. The van der Waals surface area contributed by atoms with Crippen LogP contribution in [0.1, 0.15) is 12.0 Å². The Morgan fingerprint density at radius 2 is 2.31 bits per heavy atom. The summed E-state index contributed by atoms with van der Waals surface area (Å²) in [4.78, 5) is 7.27. The van der Waals surface area contributed by atoms with Crippen molar-refractivity contribution in [1.82, 2.24) is 15.3 Å². The van der Waals surface area contributed by atoms with Crippen LogP contribution in [0.5, 0.6) is 0 Å². The van der Waals surface area contributed by atoms with Gasteiger partial charge in [0, 0.05) is 13.0 Å². The first-order valence-electron chi connectivity index (χ1n) is 5.40. The second-order valence-corrected chi connectivity index (χ2v) is 3.66. The van der Waals surface area contributed by atoms with E-state index in [4.69, 9.17) is 5.26 Å². The number of imidazole rings is 1. The van der Waals surface area contributed by atoms with Crippen LogP contribution in [-0.4, -0.2) is 23.1 Å². The topological polar surface area (TPSA) is 64.5 Å². The minimum Gasteiger partial charge on any atom is -0.345 e. The van der Waals surface area contributed by atoms with Gasteiger partial charge in [0.05, 0.1) is 23.4 Å². The Balaban J connectivity index is 1.87. The first-order chi connectivity index (χ1) is 7.90. The van der Waals surface area contributed by atoms with Crippen molar-refractivity contribution in [2.45, 2.75) is 12.8 Å². The summed E-state index contributed by atoms with van der Waals surface area (Å²) in [6.45, 7) is 1.67. The number of benzene rings is 1. The molecule has 0 bridgehead atoms. The summed E-state index contributed by atoms with van der Waals surface area (Å²) in [6.07, 6.45) is 3.25. The lowest BCUT2D eigenvalue weighted by molar-refractivity contribution is 0.692. The third-order valence-corrected chi connectivity index (χ3v) is 2.49. The van der Waals surface area contributed by atoms with Crippen molar-refractivity contribution in [3.8, 4) is 6.07 Å². The quantitative estimate of drug-likeness (QED) is 0.743. The smallest absolute Gasteiger partial charge is 0.0931 e. The molecule has 0 atom stereocenters. The van der Waals surface area contributed by atoms with Crippen LogP contribution in [0.4, 0.5) is 0 Å². The summed E-state index contributed by atoms with van der Waals surface area (Å²) in [6, 6.07) is 8.35. The van der Waals surface area contributed by atoms with Crippen LogP contribution in [0.15, 0.2) is 24.5 Å². The van der Waals surface area contributed by atoms with Crippen LogP contribution in [-0.2, 0) is 6.42 Å². The van der Waals surface area contributed by atoms with Gasteiger partial charge in [-0.15, -0.1) is 0 Å². The highest BCUT2D eigenvalue weighted by molar-refractivity contribution is 5.74. The molecular formula is C12H14N4. The second kappa shape index (κ2) is 5.29. The highest BCUT2D eigenvalue weighted by Crippen LogP contribution is 2.11. The van der Waals surface area contributed by atoms with E-state index in [-0.39, 0.29) is 0 Å². The zero-order valence-electron chi connectivity index (χ0n) is 9.03. The van der Waals surface area contributed by atoms with Gasteiger partial charge in [-0.1, -0.05) is 6.07 Å². The van der Waals surface area contributed by atoms with Crippen molar-refractivity contribution in [3.05, 3.63) is 30.1 Å². The number of aromatic nitrogens is 2. The highest BCUT2D eigenvalue weighted by Gasteiger charge is 1.98. The third kappa shape index (κ3) is 2.59. The molecule has 4 heteroatoms. The van der Waals surface area contributed by atoms with E-state index in [1.165, 1.54) is 5.56 Å². The van der Waals surface area contributed by atoms with E-state index in [0.29, 0.717) is 6.42 Å². The number of aromatic amines is 1. The van der Waals surface area contributed by atoms with E-state index in [2.05, 4.69) is 33.5 Å². The number of fused-ring (bicyclic) bond motifs is 1. The minimum atomic E-state index is 0.569. The van der Waals surface area contributed by atoms with Crippen LogP contribution in [0.2, 0.25) is 0 Å². The molecule has 0 unspecified atom stereocenters. The molecule has 2 N–H and O–H groups in total. The Bertz CT molecular complexity index is 495. The molecule has 2 rings (SSSR count). The summed E-state index contributed by atoms with van der Waals surface area (Å²) in [5, 5.41) is 11.6. The fourth-order valence-electron chi connectivity index (χ4n) is 1.64. The monoisotopic (exact) mass is 214 g/mol. The maximum atomic E-state index is 8.38. The Labute approximate surface area is 94.3 Å². The van der Waals surface area contributed by atoms with Gasteiger partial charge in [0.25, 0.3) is 0 Å². The second-order valence-electron chi connectivity index (χ2n) is 3.66. The first-order valence-corrected chi connectivity index (χ1v) is 5.40. The van der Waals surface area contributed by atoms with Crippen LogP contribution in [0.25, 0.3) is 11.0 Å². The fourth-order valence-corrected chi connectivity index (χ4v) is 1.64. The molecule has 16 heavy (non-hydrogen) atoms. The minimum absolute atomic E-state index is 0.569.